The van der Waals surface area contributed by atoms with Gasteiger partial charge in [0.05, 0.1) is 28.7 Å². The number of hydrogen-bond donors (Lipinski definition) is 0. The summed E-state index contributed by atoms with van der Waals surface area (Å²) < 4.78 is 14.0. The van der Waals surface area contributed by atoms with Crippen LogP contribution in [0.3, 0.4) is 0 Å². The Balaban J connectivity index is 1.52. The van der Waals surface area contributed by atoms with Crippen LogP contribution in [0.5, 0.6) is 5.75 Å². The number of nitrogens with zero attached hydrogens (tertiary/aromatic N) is 4. The molecule has 0 N–H and O–H groups in total. The highest BCUT2D eigenvalue weighted by Crippen LogP contribution is 2.35. The van der Waals surface area contributed by atoms with Gasteiger partial charge in [0, 0.05) is 45.4 Å². The molecule has 1 aliphatic rings. The summed E-state index contributed by atoms with van der Waals surface area (Å²) in [6, 6.07) is 14.7. The summed E-state index contributed by atoms with van der Waals surface area (Å²) in [5.41, 5.74) is 5.64. The quantitative estimate of drug-likeness (QED) is 0.434. The molecule has 5 rings (SSSR count). The van der Waals surface area contributed by atoms with Gasteiger partial charge >= 0.3 is 0 Å². The molecular formula is C25H28N4O3S. The molecule has 8 heteroatoms. The number of carbonyl (C=O) groups excluding carboxylic acids is 1. The van der Waals surface area contributed by atoms with Crippen molar-refractivity contribution in [2.24, 2.45) is 0 Å². The van der Waals surface area contributed by atoms with E-state index in [0.29, 0.717) is 13.1 Å². The maximum absolute atomic E-state index is 12.2. The molecule has 1 fully saturated rings. The van der Waals surface area contributed by atoms with Gasteiger partial charge in [-0.1, -0.05) is 29.5 Å². The van der Waals surface area contributed by atoms with Crippen LogP contribution in [0.2, 0.25) is 0 Å². The van der Waals surface area contributed by atoms with Crippen molar-refractivity contribution in [3.05, 3.63) is 53.7 Å². The van der Waals surface area contributed by atoms with Crippen molar-refractivity contribution in [1.82, 2.24) is 19.2 Å². The van der Waals surface area contributed by atoms with E-state index in [1.165, 1.54) is 21.5 Å². The second-order valence-electron chi connectivity index (χ2n) is 8.42. The summed E-state index contributed by atoms with van der Waals surface area (Å²) in [6.07, 6.45) is 0. The zero-order valence-electron chi connectivity index (χ0n) is 19.2. The largest absolute Gasteiger partial charge is 0.497 e. The third kappa shape index (κ3) is 4.21. The topological polar surface area (TPSA) is 59.3 Å². The standard InChI is InChI=1S/C25H28N4O3S/c1-17-7-8-20-22(13-17)33-25-26-24(18-5-4-6-19(14-18)32-3)21(29(20)25)15-27-9-11-28(12-10-27)23(30)16-31-2/h4-8,13-14H,9-12,15-16H2,1-3H3. The zero-order valence-corrected chi connectivity index (χ0v) is 20.0. The van der Waals surface area contributed by atoms with Gasteiger partial charge in [0.15, 0.2) is 4.96 Å². The van der Waals surface area contributed by atoms with E-state index >= 15 is 0 Å². The van der Waals surface area contributed by atoms with Crippen molar-refractivity contribution in [2.75, 3.05) is 47.0 Å². The molecule has 2 aromatic heterocycles. The molecule has 33 heavy (non-hydrogen) atoms. The maximum Gasteiger partial charge on any atom is 0.248 e. The average molecular weight is 465 g/mol. The predicted molar refractivity (Wildman–Crippen MR) is 131 cm³/mol. The molecule has 7 nitrogen and oxygen atoms in total. The molecule has 0 radical (unpaired) electrons. The molecule has 2 aromatic carbocycles. The Morgan fingerprint density at radius 2 is 1.91 bits per heavy atom. The van der Waals surface area contributed by atoms with Crippen molar-refractivity contribution >= 4 is 32.4 Å². The molecule has 3 heterocycles. The van der Waals surface area contributed by atoms with Crippen molar-refractivity contribution in [3.63, 3.8) is 0 Å². The lowest BCUT2D eigenvalue weighted by atomic mass is 10.1. The number of aryl methyl sites for hydroxylation is 1. The molecule has 0 unspecified atom stereocenters. The van der Waals surface area contributed by atoms with Crippen LogP contribution in [0.15, 0.2) is 42.5 Å². The Labute approximate surface area is 197 Å². The predicted octanol–water partition coefficient (Wildman–Crippen LogP) is 3.82. The number of thiazole rings is 1. The van der Waals surface area contributed by atoms with Crippen molar-refractivity contribution in [1.29, 1.82) is 0 Å². The lowest BCUT2D eigenvalue weighted by Gasteiger charge is -2.34. The molecule has 1 aliphatic heterocycles. The first-order valence-corrected chi connectivity index (χ1v) is 11.9. The van der Waals surface area contributed by atoms with Gasteiger partial charge in [-0.15, -0.1) is 0 Å². The summed E-state index contributed by atoms with van der Waals surface area (Å²) in [5.74, 6) is 0.876. The number of ether oxygens (including phenoxy) is 2. The smallest absolute Gasteiger partial charge is 0.248 e. The summed E-state index contributed by atoms with van der Waals surface area (Å²) in [6.45, 7) is 6.09. The number of carbonyl (C=O) groups is 1. The van der Waals surface area contributed by atoms with Crippen LogP contribution in [0.1, 0.15) is 11.3 Å². The molecule has 1 amide bonds. The van der Waals surface area contributed by atoms with Gasteiger partial charge in [0.25, 0.3) is 0 Å². The molecule has 0 aliphatic carbocycles. The van der Waals surface area contributed by atoms with Gasteiger partial charge in [-0.05, 0) is 36.8 Å². The molecular weight excluding hydrogens is 436 g/mol. The summed E-state index contributed by atoms with van der Waals surface area (Å²) in [7, 11) is 3.25. The van der Waals surface area contributed by atoms with E-state index in [2.05, 4.69) is 40.5 Å². The van der Waals surface area contributed by atoms with E-state index in [1.807, 2.05) is 23.1 Å². The highest BCUT2D eigenvalue weighted by atomic mass is 32.1. The Morgan fingerprint density at radius 1 is 1.09 bits per heavy atom. The number of methoxy groups -OCH3 is 2. The van der Waals surface area contributed by atoms with E-state index in [-0.39, 0.29) is 12.5 Å². The van der Waals surface area contributed by atoms with Crippen LogP contribution >= 0.6 is 11.3 Å². The molecule has 1 saturated heterocycles. The van der Waals surface area contributed by atoms with Crippen molar-refractivity contribution in [3.8, 4) is 17.0 Å². The number of fused-ring (bicyclic) bond motifs is 3. The van der Waals surface area contributed by atoms with Crippen LogP contribution < -0.4 is 4.74 Å². The van der Waals surface area contributed by atoms with Gasteiger partial charge in [-0.25, -0.2) is 4.98 Å². The monoisotopic (exact) mass is 464 g/mol. The minimum atomic E-state index is 0.0557. The molecule has 0 saturated carbocycles. The Kier molecular flexibility index (Phi) is 6.05. The van der Waals surface area contributed by atoms with Gasteiger partial charge in [-0.2, -0.15) is 0 Å². The van der Waals surface area contributed by atoms with Crippen LogP contribution in [-0.2, 0) is 16.1 Å². The van der Waals surface area contributed by atoms with E-state index in [1.54, 1.807) is 25.6 Å². The van der Waals surface area contributed by atoms with Gasteiger partial charge in [0.1, 0.15) is 12.4 Å². The fourth-order valence-electron chi connectivity index (χ4n) is 4.46. The van der Waals surface area contributed by atoms with E-state index in [9.17, 15) is 4.79 Å². The minimum Gasteiger partial charge on any atom is -0.497 e. The Bertz CT molecular complexity index is 1300. The Hall–Kier alpha value is -2.94. The second-order valence-corrected chi connectivity index (χ2v) is 9.43. The van der Waals surface area contributed by atoms with Crippen LogP contribution in [0.25, 0.3) is 26.4 Å². The lowest BCUT2D eigenvalue weighted by Crippen LogP contribution is -2.49. The highest BCUT2D eigenvalue weighted by molar-refractivity contribution is 7.23. The maximum atomic E-state index is 12.2. The van der Waals surface area contributed by atoms with Crippen LogP contribution in [0, 0.1) is 6.92 Å². The average Bonchev–Trinajstić information content (AvgIpc) is 3.35. The molecule has 172 valence electrons. The normalized spacial score (nSPS) is 14.9. The number of amides is 1. The fraction of sp³-hybridized carbons (Fsp3) is 0.360. The van der Waals surface area contributed by atoms with Crippen LogP contribution in [-0.4, -0.2) is 72.1 Å². The third-order valence-corrected chi connectivity index (χ3v) is 7.21. The van der Waals surface area contributed by atoms with Gasteiger partial charge in [0.2, 0.25) is 5.91 Å². The Morgan fingerprint density at radius 3 is 2.67 bits per heavy atom. The SMILES string of the molecule is COCC(=O)N1CCN(Cc2c(-c3cccc(OC)c3)nc3sc4cc(C)ccc4n23)CC1. The lowest BCUT2D eigenvalue weighted by molar-refractivity contribution is -0.136. The second kappa shape index (κ2) is 9.13. The first kappa shape index (κ1) is 21.9. The van der Waals surface area contributed by atoms with E-state index in [4.69, 9.17) is 14.5 Å². The third-order valence-electron chi connectivity index (χ3n) is 6.21. The summed E-state index contributed by atoms with van der Waals surface area (Å²) in [4.78, 5) is 22.6. The number of piperazine rings is 1. The summed E-state index contributed by atoms with van der Waals surface area (Å²) in [5, 5.41) is 0. The van der Waals surface area contributed by atoms with E-state index in [0.717, 1.165) is 41.6 Å². The van der Waals surface area contributed by atoms with E-state index < -0.39 is 0 Å². The minimum absolute atomic E-state index is 0.0557. The number of rotatable bonds is 6. The fourth-order valence-corrected chi connectivity index (χ4v) is 5.61. The van der Waals surface area contributed by atoms with Crippen molar-refractivity contribution < 1.29 is 14.3 Å². The first-order valence-electron chi connectivity index (χ1n) is 11.1. The summed E-state index contributed by atoms with van der Waals surface area (Å²) >= 11 is 1.72. The highest BCUT2D eigenvalue weighted by Gasteiger charge is 2.25. The number of aromatic nitrogens is 2. The molecule has 0 bridgehead atoms. The van der Waals surface area contributed by atoms with Crippen molar-refractivity contribution in [2.45, 2.75) is 13.5 Å². The van der Waals surface area contributed by atoms with Gasteiger partial charge in [-0.3, -0.25) is 14.1 Å². The molecule has 4 aromatic rings. The number of benzene rings is 2. The number of hydrogen-bond acceptors (Lipinski definition) is 6. The number of imidazole rings is 1. The van der Waals surface area contributed by atoms with Crippen LogP contribution in [0.4, 0.5) is 0 Å². The molecule has 0 spiro atoms. The van der Waals surface area contributed by atoms with Gasteiger partial charge < -0.3 is 14.4 Å². The first-order chi connectivity index (χ1) is 16.1. The zero-order chi connectivity index (χ0) is 22.9. The molecule has 0 atom stereocenters.